The van der Waals surface area contributed by atoms with Crippen LogP contribution in [0.25, 0.3) is 0 Å². The molecule has 3 rings (SSSR count). The third-order valence-electron chi connectivity index (χ3n) is 4.23. The first-order chi connectivity index (χ1) is 7.34. The second-order valence-electron chi connectivity index (χ2n) is 5.10. The Balaban J connectivity index is 1.86. The summed E-state index contributed by atoms with van der Waals surface area (Å²) in [6, 6.07) is 0. The van der Waals surface area contributed by atoms with Crippen LogP contribution in [0.3, 0.4) is 0 Å². The Morgan fingerprint density at radius 3 is 2.80 bits per heavy atom. The second kappa shape index (κ2) is 3.78. The number of ether oxygens (including phenoxy) is 2. The lowest BCUT2D eigenvalue weighted by Gasteiger charge is -2.43. The molecule has 0 N–H and O–H groups in total. The lowest BCUT2D eigenvalue weighted by molar-refractivity contribution is -0.218. The molecule has 2 saturated heterocycles. The van der Waals surface area contributed by atoms with Crippen molar-refractivity contribution >= 4 is 5.97 Å². The van der Waals surface area contributed by atoms with Gasteiger partial charge in [0.25, 0.3) is 0 Å². The zero-order valence-electron chi connectivity index (χ0n) is 8.98. The van der Waals surface area contributed by atoms with Gasteiger partial charge in [0, 0.05) is 12.3 Å². The van der Waals surface area contributed by atoms with Crippen molar-refractivity contribution in [1.29, 1.82) is 0 Å². The van der Waals surface area contributed by atoms with E-state index in [9.17, 15) is 4.79 Å². The molecule has 0 radical (unpaired) electrons. The smallest absolute Gasteiger partial charge is 0.308 e. The summed E-state index contributed by atoms with van der Waals surface area (Å²) in [5, 5.41) is 0. The van der Waals surface area contributed by atoms with Crippen molar-refractivity contribution < 1.29 is 14.3 Å². The van der Waals surface area contributed by atoms with Gasteiger partial charge in [0.1, 0.15) is 0 Å². The van der Waals surface area contributed by atoms with Gasteiger partial charge >= 0.3 is 5.97 Å². The summed E-state index contributed by atoms with van der Waals surface area (Å²) < 4.78 is 11.0. The molecule has 0 aromatic heterocycles. The standard InChI is InChI=1S/C12H18O3/c13-10-7-9-4-1-3-8-5-2-6-14-12(15-10)11(8)9/h8-9,11-12H,1-7H2. The van der Waals surface area contributed by atoms with Crippen LogP contribution in [-0.4, -0.2) is 18.9 Å². The summed E-state index contributed by atoms with van der Waals surface area (Å²) in [7, 11) is 0. The van der Waals surface area contributed by atoms with Gasteiger partial charge in [-0.2, -0.15) is 0 Å². The molecule has 3 fully saturated rings. The van der Waals surface area contributed by atoms with E-state index in [1.165, 1.54) is 25.7 Å². The molecule has 4 unspecified atom stereocenters. The van der Waals surface area contributed by atoms with Crippen LogP contribution in [0.5, 0.6) is 0 Å². The van der Waals surface area contributed by atoms with Crippen molar-refractivity contribution in [3.63, 3.8) is 0 Å². The van der Waals surface area contributed by atoms with Gasteiger partial charge in [0.05, 0.1) is 6.61 Å². The van der Waals surface area contributed by atoms with Gasteiger partial charge in [0.2, 0.25) is 6.29 Å². The molecule has 1 aliphatic carbocycles. The minimum Gasteiger partial charge on any atom is -0.435 e. The van der Waals surface area contributed by atoms with Crippen molar-refractivity contribution in [3.8, 4) is 0 Å². The lowest BCUT2D eigenvalue weighted by Crippen LogP contribution is -2.45. The Labute approximate surface area is 90.1 Å². The number of hydrogen-bond acceptors (Lipinski definition) is 3. The highest BCUT2D eigenvalue weighted by Gasteiger charge is 2.46. The Bertz CT molecular complexity index is 264. The first-order valence-electron chi connectivity index (χ1n) is 6.15. The molecule has 3 aliphatic rings. The van der Waals surface area contributed by atoms with Gasteiger partial charge in [-0.1, -0.05) is 6.42 Å². The highest BCUT2D eigenvalue weighted by Crippen LogP contribution is 2.46. The van der Waals surface area contributed by atoms with Crippen LogP contribution in [0.15, 0.2) is 0 Å². The molecule has 15 heavy (non-hydrogen) atoms. The highest BCUT2D eigenvalue weighted by molar-refractivity contribution is 5.70. The molecule has 0 spiro atoms. The number of esters is 1. The Morgan fingerprint density at radius 1 is 1.07 bits per heavy atom. The van der Waals surface area contributed by atoms with Gasteiger partial charge in [-0.15, -0.1) is 0 Å². The predicted molar refractivity (Wildman–Crippen MR) is 54.0 cm³/mol. The van der Waals surface area contributed by atoms with Crippen LogP contribution in [0.1, 0.15) is 38.5 Å². The Kier molecular flexibility index (Phi) is 2.43. The van der Waals surface area contributed by atoms with E-state index in [2.05, 4.69) is 0 Å². The minimum atomic E-state index is -0.218. The molecule has 0 aromatic carbocycles. The molecule has 0 bridgehead atoms. The minimum absolute atomic E-state index is 0.0520. The van der Waals surface area contributed by atoms with Crippen molar-refractivity contribution in [2.24, 2.45) is 17.8 Å². The maximum atomic E-state index is 11.4. The summed E-state index contributed by atoms with van der Waals surface area (Å²) in [6.45, 7) is 0.762. The zero-order chi connectivity index (χ0) is 10.3. The van der Waals surface area contributed by atoms with Gasteiger partial charge in [-0.25, -0.2) is 0 Å². The number of carbonyl (C=O) groups is 1. The van der Waals surface area contributed by atoms with Crippen LogP contribution < -0.4 is 0 Å². The third-order valence-corrected chi connectivity index (χ3v) is 4.23. The fourth-order valence-corrected chi connectivity index (χ4v) is 3.59. The van der Waals surface area contributed by atoms with E-state index >= 15 is 0 Å². The third kappa shape index (κ3) is 1.67. The largest absolute Gasteiger partial charge is 0.435 e. The average molecular weight is 210 g/mol. The van der Waals surface area contributed by atoms with Gasteiger partial charge < -0.3 is 9.47 Å². The van der Waals surface area contributed by atoms with Gasteiger partial charge in [-0.05, 0) is 37.5 Å². The number of hydrogen-bond donors (Lipinski definition) is 0. The summed E-state index contributed by atoms with van der Waals surface area (Å²) in [5.41, 5.74) is 0. The van der Waals surface area contributed by atoms with Crippen molar-refractivity contribution in [2.45, 2.75) is 44.8 Å². The normalized spacial score (nSPS) is 45.2. The van der Waals surface area contributed by atoms with E-state index < -0.39 is 0 Å². The van der Waals surface area contributed by atoms with Crippen molar-refractivity contribution in [3.05, 3.63) is 0 Å². The van der Waals surface area contributed by atoms with E-state index in [1.807, 2.05) is 0 Å². The average Bonchev–Trinajstić information content (AvgIpc) is 2.42. The van der Waals surface area contributed by atoms with E-state index in [0.717, 1.165) is 18.9 Å². The number of carbonyl (C=O) groups excluding carboxylic acids is 1. The maximum absolute atomic E-state index is 11.4. The molecule has 2 aliphatic heterocycles. The van der Waals surface area contributed by atoms with Crippen molar-refractivity contribution in [1.82, 2.24) is 0 Å². The summed E-state index contributed by atoms with van der Waals surface area (Å²) in [6.07, 6.45) is 6.57. The quantitative estimate of drug-likeness (QED) is 0.574. The molecular weight excluding hydrogens is 192 g/mol. The van der Waals surface area contributed by atoms with E-state index in [1.54, 1.807) is 0 Å². The molecule has 0 aromatic rings. The van der Waals surface area contributed by atoms with E-state index in [-0.39, 0.29) is 12.3 Å². The fourth-order valence-electron chi connectivity index (χ4n) is 3.59. The predicted octanol–water partition coefficient (Wildman–Crippen LogP) is 2.10. The molecule has 84 valence electrons. The molecule has 2 heterocycles. The lowest BCUT2D eigenvalue weighted by atomic mass is 9.68. The van der Waals surface area contributed by atoms with Crippen LogP contribution >= 0.6 is 0 Å². The Hall–Kier alpha value is -0.570. The van der Waals surface area contributed by atoms with Gasteiger partial charge in [-0.3, -0.25) is 4.79 Å². The van der Waals surface area contributed by atoms with Crippen LogP contribution in [0.4, 0.5) is 0 Å². The summed E-state index contributed by atoms with van der Waals surface area (Å²) in [5.74, 6) is 1.72. The van der Waals surface area contributed by atoms with Crippen LogP contribution in [-0.2, 0) is 14.3 Å². The molecule has 4 atom stereocenters. The maximum Gasteiger partial charge on any atom is 0.308 e. The topological polar surface area (TPSA) is 35.5 Å². The fraction of sp³-hybridized carbons (Fsp3) is 0.917. The molecule has 1 saturated carbocycles. The summed E-state index contributed by atoms with van der Waals surface area (Å²) in [4.78, 5) is 11.4. The molecule has 0 amide bonds. The van der Waals surface area contributed by atoms with Crippen LogP contribution in [0.2, 0.25) is 0 Å². The first-order valence-corrected chi connectivity index (χ1v) is 6.15. The van der Waals surface area contributed by atoms with E-state index in [0.29, 0.717) is 18.3 Å². The molecule has 3 nitrogen and oxygen atoms in total. The first kappa shape index (κ1) is 9.64. The zero-order valence-corrected chi connectivity index (χ0v) is 8.98. The second-order valence-corrected chi connectivity index (χ2v) is 5.10. The van der Waals surface area contributed by atoms with Gasteiger partial charge in [0.15, 0.2) is 0 Å². The van der Waals surface area contributed by atoms with E-state index in [4.69, 9.17) is 9.47 Å². The SMILES string of the molecule is O=C1CC2CCCC3CCCOC(O1)C32. The monoisotopic (exact) mass is 210 g/mol. The molecular formula is C12H18O3. The molecule has 3 heteroatoms. The summed E-state index contributed by atoms with van der Waals surface area (Å²) >= 11 is 0. The van der Waals surface area contributed by atoms with Crippen LogP contribution in [0, 0.1) is 17.8 Å². The number of rotatable bonds is 0. The Morgan fingerprint density at radius 2 is 1.87 bits per heavy atom. The van der Waals surface area contributed by atoms with Crippen molar-refractivity contribution in [2.75, 3.05) is 6.61 Å². The highest BCUT2D eigenvalue weighted by atomic mass is 16.7.